The van der Waals surface area contributed by atoms with Crippen molar-refractivity contribution in [2.75, 3.05) is 14.2 Å². The number of fused-ring (bicyclic) bond motifs is 4. The Morgan fingerprint density at radius 1 is 0.619 bits per heavy atom. The number of phenolic OH excluding ortho intramolecular Hbond substituents is 2. The van der Waals surface area contributed by atoms with Crippen LogP contribution >= 0.6 is 0 Å². The van der Waals surface area contributed by atoms with Gasteiger partial charge in [0.2, 0.25) is 0 Å². The van der Waals surface area contributed by atoms with Gasteiger partial charge in [-0.25, -0.2) is 0 Å². The number of phenols is 2. The lowest BCUT2D eigenvalue weighted by molar-refractivity contribution is -0.142. The summed E-state index contributed by atoms with van der Waals surface area (Å²) in [4.78, 5) is 58.2. The number of benzene rings is 2. The number of aliphatic hydroxyl groups is 4. The summed E-state index contributed by atoms with van der Waals surface area (Å²) in [6, 6.07) is 4.67. The summed E-state index contributed by atoms with van der Waals surface area (Å²) < 4.78 is 10.3. The minimum absolute atomic E-state index is 0.0209. The molecule has 6 aliphatic carbocycles. The fraction of sp³-hybridized carbons (Fsp3) is 0.333. The summed E-state index contributed by atoms with van der Waals surface area (Å²) in [5, 5.41) is 68.2. The van der Waals surface area contributed by atoms with Gasteiger partial charge < -0.3 is 40.1 Å². The normalized spacial score (nSPS) is 36.7. The molecule has 6 aliphatic rings. The van der Waals surface area contributed by atoms with Gasteiger partial charge in [-0.2, -0.15) is 0 Å². The molecule has 12 heteroatoms. The molecule has 2 spiro atoms. The molecule has 4 saturated carbocycles. The number of aliphatic hydroxyl groups excluding tert-OH is 4. The molecule has 12 nitrogen and oxygen atoms in total. The number of methoxy groups -OCH3 is 2. The lowest BCUT2D eigenvalue weighted by Crippen LogP contribution is -2.65. The van der Waals surface area contributed by atoms with E-state index in [0.29, 0.717) is 0 Å². The molecule has 4 fully saturated rings. The van der Waals surface area contributed by atoms with Crippen LogP contribution in [0.25, 0.3) is 11.5 Å². The monoisotopic (exact) mass is 574 g/mol. The molecule has 2 aromatic carbocycles. The molecule has 42 heavy (non-hydrogen) atoms. The molecule has 0 aliphatic heterocycles. The van der Waals surface area contributed by atoms with Gasteiger partial charge in [0.25, 0.3) is 0 Å². The summed E-state index contributed by atoms with van der Waals surface area (Å²) in [5.74, 6) is -13.1. The van der Waals surface area contributed by atoms with Gasteiger partial charge in [-0.1, -0.05) is 0 Å². The van der Waals surface area contributed by atoms with Crippen molar-refractivity contribution in [3.8, 4) is 23.0 Å². The Hall–Kier alpha value is -4.68. The average Bonchev–Trinajstić information content (AvgIpc) is 3.31. The lowest BCUT2D eigenvalue weighted by Gasteiger charge is -2.53. The maximum atomic E-state index is 14.6. The maximum absolute atomic E-state index is 14.6. The zero-order valence-corrected chi connectivity index (χ0v) is 21.9. The van der Waals surface area contributed by atoms with E-state index in [2.05, 4.69) is 0 Å². The fourth-order valence-corrected chi connectivity index (χ4v) is 9.41. The first kappa shape index (κ1) is 25.1. The number of aromatic hydroxyl groups is 2. The minimum atomic E-state index is -2.33. The highest BCUT2D eigenvalue weighted by atomic mass is 16.5. The molecule has 8 atom stereocenters. The van der Waals surface area contributed by atoms with Gasteiger partial charge in [-0.05, 0) is 12.1 Å². The molecule has 6 N–H and O–H groups in total. The Balaban J connectivity index is 1.52. The van der Waals surface area contributed by atoms with Crippen molar-refractivity contribution < 1.29 is 59.3 Å². The van der Waals surface area contributed by atoms with Crippen LogP contribution in [-0.2, 0) is 9.59 Å². The standard InChI is InChI=1S/C30H22O12/c1-41-7-3-9-13(11(31)5-7)21(33)17-25(37)20-23(35)15-16-24(36)19(29(15,17)27(9)39)26(38)18-22(34)14-10(28(40)30(16,18)20)4-8(42-2)6-12(14)32/h3-6,15-16,19-20,23-24,31-36H,1-2H3. The number of Topliss-reactive ketones (excluding diaryl/α,β-unsaturated/α-hetero) is 4. The smallest absolute Gasteiger partial charge is 0.175 e. The highest BCUT2D eigenvalue weighted by Crippen LogP contribution is 2.80. The van der Waals surface area contributed by atoms with E-state index < -0.39 is 104 Å². The van der Waals surface area contributed by atoms with E-state index in [-0.39, 0.29) is 33.8 Å². The first-order valence-corrected chi connectivity index (χ1v) is 13.2. The van der Waals surface area contributed by atoms with Crippen molar-refractivity contribution >= 4 is 34.7 Å². The first-order valence-electron chi connectivity index (χ1n) is 13.2. The number of ketones is 4. The van der Waals surface area contributed by atoms with Crippen molar-refractivity contribution in [1.82, 2.24) is 0 Å². The Bertz CT molecular complexity index is 1720. The van der Waals surface area contributed by atoms with Crippen LogP contribution in [0.2, 0.25) is 0 Å². The molecular formula is C30H22O12. The molecule has 8 unspecified atom stereocenters. The summed E-state index contributed by atoms with van der Waals surface area (Å²) >= 11 is 0. The molecule has 4 bridgehead atoms. The summed E-state index contributed by atoms with van der Waals surface area (Å²) in [6.45, 7) is 0. The predicted octanol–water partition coefficient (Wildman–Crippen LogP) is 1.10. The summed E-state index contributed by atoms with van der Waals surface area (Å²) in [6.07, 6.45) is -3.49. The van der Waals surface area contributed by atoms with E-state index in [1.54, 1.807) is 0 Å². The van der Waals surface area contributed by atoms with Gasteiger partial charge in [-0.15, -0.1) is 0 Å². The van der Waals surface area contributed by atoms with Gasteiger partial charge in [0, 0.05) is 35.1 Å². The zero-order valence-electron chi connectivity index (χ0n) is 21.9. The largest absolute Gasteiger partial charge is 0.507 e. The third-order valence-corrected chi connectivity index (χ3v) is 10.6. The number of rotatable bonds is 2. The second kappa shape index (κ2) is 7.20. The fourth-order valence-electron chi connectivity index (χ4n) is 9.41. The Labute approximate surface area is 235 Å². The van der Waals surface area contributed by atoms with Gasteiger partial charge >= 0.3 is 0 Å². The highest BCUT2D eigenvalue weighted by molar-refractivity contribution is 6.30. The van der Waals surface area contributed by atoms with Crippen LogP contribution in [0, 0.1) is 34.5 Å². The average molecular weight is 574 g/mol. The third kappa shape index (κ3) is 2.14. The van der Waals surface area contributed by atoms with Crippen molar-refractivity contribution in [3.63, 3.8) is 0 Å². The van der Waals surface area contributed by atoms with Gasteiger partial charge in [0.15, 0.2) is 23.1 Å². The Morgan fingerprint density at radius 3 is 1.31 bits per heavy atom. The number of carbonyl (C=O) groups is 4. The van der Waals surface area contributed by atoms with Crippen molar-refractivity contribution in [2.24, 2.45) is 34.5 Å². The number of hydrogen-bond donors (Lipinski definition) is 6. The molecule has 8 rings (SSSR count). The Morgan fingerprint density at radius 2 is 0.976 bits per heavy atom. The zero-order chi connectivity index (χ0) is 29.9. The third-order valence-electron chi connectivity index (χ3n) is 10.6. The number of ether oxygens (including phenoxy) is 2. The summed E-state index contributed by atoms with van der Waals surface area (Å²) in [7, 11) is 2.55. The van der Waals surface area contributed by atoms with E-state index >= 15 is 0 Å². The van der Waals surface area contributed by atoms with Crippen molar-refractivity contribution in [3.05, 3.63) is 57.7 Å². The van der Waals surface area contributed by atoms with Gasteiger partial charge in [0.05, 0.1) is 71.4 Å². The number of carbonyl (C=O) groups excluding carboxylic acids is 4. The second-order valence-electron chi connectivity index (χ2n) is 11.7. The van der Waals surface area contributed by atoms with E-state index in [9.17, 15) is 49.8 Å². The number of allylic oxidation sites excluding steroid dienone is 2. The van der Waals surface area contributed by atoms with E-state index in [1.165, 1.54) is 26.4 Å². The molecule has 0 radical (unpaired) electrons. The van der Waals surface area contributed by atoms with Crippen molar-refractivity contribution in [1.29, 1.82) is 0 Å². The first-order chi connectivity index (χ1) is 19.9. The van der Waals surface area contributed by atoms with Crippen LogP contribution in [-0.4, -0.2) is 80.2 Å². The van der Waals surface area contributed by atoms with Crippen LogP contribution < -0.4 is 9.47 Å². The molecular weight excluding hydrogens is 552 g/mol. The Kier molecular flexibility index (Phi) is 4.30. The van der Waals surface area contributed by atoms with E-state index in [1.807, 2.05) is 0 Å². The van der Waals surface area contributed by atoms with E-state index in [0.717, 1.165) is 12.1 Å². The molecule has 0 amide bonds. The molecule has 2 aromatic rings. The topological polar surface area (TPSA) is 208 Å². The lowest BCUT2D eigenvalue weighted by atomic mass is 9.46. The van der Waals surface area contributed by atoms with Crippen molar-refractivity contribution in [2.45, 2.75) is 12.2 Å². The quantitative estimate of drug-likeness (QED) is 0.298. The minimum Gasteiger partial charge on any atom is -0.507 e. The highest BCUT2D eigenvalue weighted by Gasteiger charge is 2.89. The van der Waals surface area contributed by atoms with Crippen LogP contribution in [0.5, 0.6) is 23.0 Å². The van der Waals surface area contributed by atoms with Crippen LogP contribution in [0.4, 0.5) is 0 Å². The molecule has 0 aromatic heterocycles. The van der Waals surface area contributed by atoms with Crippen LogP contribution in [0.15, 0.2) is 35.4 Å². The predicted molar refractivity (Wildman–Crippen MR) is 138 cm³/mol. The summed E-state index contributed by atoms with van der Waals surface area (Å²) in [5.41, 5.74) is -7.16. The SMILES string of the molecule is COc1cc(O)c2c(c1)C(=O)C13C(=C2O)C(=O)C2C(O)C1C1C(O)C3C(=O)C3=C(O)c4c(O)cc(OC)cc4C(=O)C321. The molecule has 0 heterocycles. The van der Waals surface area contributed by atoms with Gasteiger partial charge in [-0.3, -0.25) is 19.2 Å². The van der Waals surface area contributed by atoms with Crippen LogP contribution in [0.1, 0.15) is 31.8 Å². The van der Waals surface area contributed by atoms with Crippen LogP contribution in [0.3, 0.4) is 0 Å². The van der Waals surface area contributed by atoms with E-state index in [4.69, 9.17) is 9.47 Å². The van der Waals surface area contributed by atoms with Gasteiger partial charge in [0.1, 0.15) is 34.5 Å². The maximum Gasteiger partial charge on any atom is 0.175 e. The number of hydrogen-bond acceptors (Lipinski definition) is 12. The second-order valence-corrected chi connectivity index (χ2v) is 11.7. The molecule has 214 valence electrons. The molecule has 0 saturated heterocycles.